The summed E-state index contributed by atoms with van der Waals surface area (Å²) in [7, 11) is 0. The van der Waals surface area contributed by atoms with Gasteiger partial charge in [0.2, 0.25) is 0 Å². The third-order valence-electron chi connectivity index (χ3n) is 2.62. The zero-order valence-corrected chi connectivity index (χ0v) is 12.1. The van der Waals surface area contributed by atoms with Gasteiger partial charge in [0.15, 0.2) is 0 Å². The first-order chi connectivity index (χ1) is 9.13. The molecule has 0 spiro atoms. The third-order valence-corrected chi connectivity index (χ3v) is 3.53. The van der Waals surface area contributed by atoms with Crippen molar-refractivity contribution in [2.45, 2.75) is 12.5 Å². The van der Waals surface area contributed by atoms with Crippen molar-refractivity contribution in [3.05, 3.63) is 63.6 Å². The maximum absolute atomic E-state index is 13.5. The number of ether oxygens (including phenoxy) is 1. The van der Waals surface area contributed by atoms with E-state index in [0.717, 1.165) is 5.56 Å². The SMILES string of the molecule is Fc1cccc(F)c1COc1c(Br)cccc1CCl. The van der Waals surface area contributed by atoms with E-state index in [0.29, 0.717) is 10.2 Å². The Kier molecular flexibility index (Phi) is 4.77. The summed E-state index contributed by atoms with van der Waals surface area (Å²) in [6, 6.07) is 9.11. The van der Waals surface area contributed by atoms with Gasteiger partial charge in [-0.25, -0.2) is 8.78 Å². The molecule has 5 heteroatoms. The molecule has 0 saturated heterocycles. The molecule has 100 valence electrons. The van der Waals surface area contributed by atoms with Gasteiger partial charge in [-0.05, 0) is 34.1 Å². The Labute approximate surface area is 123 Å². The maximum atomic E-state index is 13.5. The first-order valence-corrected chi connectivity index (χ1v) is 6.85. The smallest absolute Gasteiger partial charge is 0.138 e. The van der Waals surface area contributed by atoms with Gasteiger partial charge >= 0.3 is 0 Å². The molecule has 0 aliphatic heterocycles. The lowest BCUT2D eigenvalue weighted by Gasteiger charge is -2.12. The predicted molar refractivity (Wildman–Crippen MR) is 74.4 cm³/mol. The first kappa shape index (κ1) is 14.3. The number of benzene rings is 2. The molecule has 1 nitrogen and oxygen atoms in total. The van der Waals surface area contributed by atoms with Gasteiger partial charge in [0, 0.05) is 5.56 Å². The molecule has 0 aliphatic rings. The van der Waals surface area contributed by atoms with Crippen molar-refractivity contribution in [3.63, 3.8) is 0 Å². The summed E-state index contributed by atoms with van der Waals surface area (Å²) in [5.41, 5.74) is 0.659. The number of hydrogen-bond acceptors (Lipinski definition) is 1. The molecule has 0 atom stereocenters. The van der Waals surface area contributed by atoms with E-state index >= 15 is 0 Å². The number of alkyl halides is 1. The summed E-state index contributed by atoms with van der Waals surface area (Å²) in [5, 5.41) is 0. The minimum atomic E-state index is -0.625. The van der Waals surface area contributed by atoms with E-state index in [4.69, 9.17) is 16.3 Å². The van der Waals surface area contributed by atoms with Crippen LogP contribution in [0.25, 0.3) is 0 Å². The molecule has 0 heterocycles. The molecule has 0 radical (unpaired) electrons. The van der Waals surface area contributed by atoms with Crippen molar-refractivity contribution in [1.29, 1.82) is 0 Å². The van der Waals surface area contributed by atoms with E-state index in [1.165, 1.54) is 18.2 Å². The van der Waals surface area contributed by atoms with Gasteiger partial charge in [-0.1, -0.05) is 18.2 Å². The van der Waals surface area contributed by atoms with Gasteiger partial charge in [0.1, 0.15) is 24.0 Å². The van der Waals surface area contributed by atoms with Crippen LogP contribution in [-0.2, 0) is 12.5 Å². The second kappa shape index (κ2) is 6.35. The fourth-order valence-electron chi connectivity index (χ4n) is 1.63. The zero-order chi connectivity index (χ0) is 13.8. The second-order valence-electron chi connectivity index (χ2n) is 3.85. The maximum Gasteiger partial charge on any atom is 0.138 e. The van der Waals surface area contributed by atoms with E-state index in [1.54, 1.807) is 12.1 Å². The summed E-state index contributed by atoms with van der Waals surface area (Å²) in [4.78, 5) is 0. The highest BCUT2D eigenvalue weighted by Crippen LogP contribution is 2.31. The Bertz CT molecular complexity index is 569. The largest absolute Gasteiger partial charge is 0.487 e. The lowest BCUT2D eigenvalue weighted by molar-refractivity contribution is 0.288. The van der Waals surface area contributed by atoms with Crippen molar-refractivity contribution < 1.29 is 13.5 Å². The van der Waals surface area contributed by atoms with Crippen LogP contribution in [0.15, 0.2) is 40.9 Å². The van der Waals surface area contributed by atoms with Crippen molar-refractivity contribution in [2.75, 3.05) is 0 Å². The zero-order valence-electron chi connectivity index (χ0n) is 9.80. The molecular formula is C14H10BrClF2O. The van der Waals surface area contributed by atoms with Gasteiger partial charge in [-0.2, -0.15) is 0 Å². The fraction of sp³-hybridized carbons (Fsp3) is 0.143. The van der Waals surface area contributed by atoms with Crippen molar-refractivity contribution >= 4 is 27.5 Å². The highest BCUT2D eigenvalue weighted by atomic mass is 79.9. The number of hydrogen-bond donors (Lipinski definition) is 0. The minimum Gasteiger partial charge on any atom is -0.487 e. The van der Waals surface area contributed by atoms with Crippen LogP contribution in [0, 0.1) is 11.6 Å². The highest BCUT2D eigenvalue weighted by Gasteiger charge is 2.12. The van der Waals surface area contributed by atoms with Crippen LogP contribution in [-0.4, -0.2) is 0 Å². The van der Waals surface area contributed by atoms with E-state index < -0.39 is 11.6 Å². The molecule has 2 rings (SSSR count). The molecule has 0 N–H and O–H groups in total. The van der Waals surface area contributed by atoms with Crippen LogP contribution in [0.2, 0.25) is 0 Å². The monoisotopic (exact) mass is 346 g/mol. The van der Waals surface area contributed by atoms with Crippen LogP contribution < -0.4 is 4.74 Å². The van der Waals surface area contributed by atoms with E-state index in [1.807, 2.05) is 6.07 Å². The van der Waals surface area contributed by atoms with Gasteiger partial charge in [0.25, 0.3) is 0 Å². The van der Waals surface area contributed by atoms with E-state index in [2.05, 4.69) is 15.9 Å². The number of rotatable bonds is 4. The molecule has 2 aromatic carbocycles. The van der Waals surface area contributed by atoms with Crippen LogP contribution in [0.4, 0.5) is 8.78 Å². The Morgan fingerprint density at radius 1 is 1.05 bits per heavy atom. The van der Waals surface area contributed by atoms with Crippen molar-refractivity contribution in [3.8, 4) is 5.75 Å². The van der Waals surface area contributed by atoms with Crippen LogP contribution >= 0.6 is 27.5 Å². The van der Waals surface area contributed by atoms with Gasteiger partial charge in [0.05, 0.1) is 15.9 Å². The highest BCUT2D eigenvalue weighted by molar-refractivity contribution is 9.10. The lowest BCUT2D eigenvalue weighted by atomic mass is 10.2. The summed E-state index contributed by atoms with van der Waals surface area (Å²) < 4.78 is 33.1. The van der Waals surface area contributed by atoms with Crippen molar-refractivity contribution in [1.82, 2.24) is 0 Å². The average molecular weight is 348 g/mol. The molecule has 0 aromatic heterocycles. The van der Waals surface area contributed by atoms with Gasteiger partial charge < -0.3 is 4.74 Å². The molecule has 0 saturated carbocycles. The van der Waals surface area contributed by atoms with Crippen molar-refractivity contribution in [2.24, 2.45) is 0 Å². The Hall–Kier alpha value is -1.13. The average Bonchev–Trinajstić information content (AvgIpc) is 2.39. The van der Waals surface area contributed by atoms with E-state index in [-0.39, 0.29) is 18.1 Å². The molecule has 2 aromatic rings. The molecule has 0 aliphatic carbocycles. The molecular weight excluding hydrogens is 338 g/mol. The lowest BCUT2D eigenvalue weighted by Crippen LogP contribution is -2.03. The Balaban J connectivity index is 2.24. The molecule has 0 fully saturated rings. The Morgan fingerprint density at radius 3 is 2.32 bits per heavy atom. The standard InChI is InChI=1S/C14H10BrClF2O/c15-11-4-1-3-9(7-16)14(11)19-8-10-12(17)5-2-6-13(10)18/h1-6H,7-8H2. The second-order valence-corrected chi connectivity index (χ2v) is 4.97. The summed E-state index contributed by atoms with van der Waals surface area (Å²) >= 11 is 9.13. The van der Waals surface area contributed by atoms with Gasteiger partial charge in [-0.3, -0.25) is 0 Å². The van der Waals surface area contributed by atoms with Crippen LogP contribution in [0.5, 0.6) is 5.75 Å². The third kappa shape index (κ3) is 3.25. The molecule has 0 bridgehead atoms. The summed E-state index contributed by atoms with van der Waals surface area (Å²) in [6.45, 7) is -0.189. The topological polar surface area (TPSA) is 9.23 Å². The minimum absolute atomic E-state index is 0.0984. The quantitative estimate of drug-likeness (QED) is 0.704. The van der Waals surface area contributed by atoms with Gasteiger partial charge in [-0.15, -0.1) is 11.6 Å². The summed E-state index contributed by atoms with van der Waals surface area (Å²) in [5.74, 6) is -0.492. The van der Waals surface area contributed by atoms with E-state index in [9.17, 15) is 8.78 Å². The number of para-hydroxylation sites is 1. The Morgan fingerprint density at radius 2 is 1.68 bits per heavy atom. The normalized spacial score (nSPS) is 10.5. The van der Waals surface area contributed by atoms with Crippen LogP contribution in [0.1, 0.15) is 11.1 Å². The van der Waals surface area contributed by atoms with Crippen LogP contribution in [0.3, 0.4) is 0 Å². The molecule has 0 unspecified atom stereocenters. The first-order valence-electron chi connectivity index (χ1n) is 5.52. The summed E-state index contributed by atoms with van der Waals surface area (Å²) in [6.07, 6.45) is 0. The molecule has 0 amide bonds. The predicted octanol–water partition coefficient (Wildman–Crippen LogP) is 5.05. The fourth-order valence-corrected chi connectivity index (χ4v) is 2.37. The molecule has 19 heavy (non-hydrogen) atoms. The number of halogens is 4.